The van der Waals surface area contributed by atoms with Crippen LogP contribution in [0.3, 0.4) is 0 Å². The molecular weight excluding hydrogens is 294 g/mol. The van der Waals surface area contributed by atoms with E-state index in [9.17, 15) is 9.59 Å². The quantitative estimate of drug-likeness (QED) is 0.838. The molecule has 0 aliphatic heterocycles. The molecule has 1 aliphatic rings. The highest BCUT2D eigenvalue weighted by molar-refractivity contribution is 5.86. The zero-order valence-electron chi connectivity index (χ0n) is 13.0. The Balaban J connectivity index is 1.69. The smallest absolute Gasteiger partial charge is 0.407 e. The van der Waals surface area contributed by atoms with E-state index in [1.807, 2.05) is 30.3 Å². The number of rotatable bonds is 4. The standard InChI is InChI=1S/C18H21NO4/c20-17(21)10-9-14-7-4-8-16(11-14)12-19-18(22)23-13-15-5-2-1-3-6-15/h1-3,5-6,14,16H,4,7-8,11-13H2,(H,19,22)(H,20,21)/t14-,16-/m0/s1. The van der Waals surface area contributed by atoms with Crippen molar-refractivity contribution in [2.75, 3.05) is 6.54 Å². The number of hydrogen-bond donors (Lipinski definition) is 2. The van der Waals surface area contributed by atoms with Gasteiger partial charge in [0.05, 0.1) is 0 Å². The van der Waals surface area contributed by atoms with Crippen LogP contribution in [0.15, 0.2) is 30.3 Å². The summed E-state index contributed by atoms with van der Waals surface area (Å²) in [5, 5.41) is 11.4. The van der Waals surface area contributed by atoms with E-state index < -0.39 is 12.1 Å². The van der Waals surface area contributed by atoms with E-state index in [0.717, 1.165) is 31.2 Å². The average Bonchev–Trinajstić information content (AvgIpc) is 2.57. The molecule has 5 heteroatoms. The molecule has 0 radical (unpaired) electrons. The van der Waals surface area contributed by atoms with Gasteiger partial charge < -0.3 is 15.2 Å². The fraction of sp³-hybridized carbons (Fsp3) is 0.444. The molecule has 0 saturated heterocycles. The number of ether oxygens (including phenoxy) is 1. The van der Waals surface area contributed by atoms with Gasteiger partial charge in [-0.2, -0.15) is 0 Å². The van der Waals surface area contributed by atoms with Gasteiger partial charge >= 0.3 is 12.1 Å². The number of carbonyl (C=O) groups is 2. The van der Waals surface area contributed by atoms with Gasteiger partial charge in [-0.1, -0.05) is 42.7 Å². The minimum atomic E-state index is -1.09. The van der Waals surface area contributed by atoms with Gasteiger partial charge in [0.15, 0.2) is 0 Å². The normalized spacial score (nSPS) is 20.0. The summed E-state index contributed by atoms with van der Waals surface area (Å²) in [6.07, 6.45) is 3.34. The second-order valence-electron chi connectivity index (χ2n) is 5.75. The van der Waals surface area contributed by atoms with Crippen molar-refractivity contribution in [3.63, 3.8) is 0 Å². The van der Waals surface area contributed by atoms with Crippen LogP contribution in [0.4, 0.5) is 4.79 Å². The van der Waals surface area contributed by atoms with Crippen molar-refractivity contribution in [3.05, 3.63) is 35.9 Å². The average molecular weight is 315 g/mol. The van der Waals surface area contributed by atoms with E-state index in [4.69, 9.17) is 9.84 Å². The van der Waals surface area contributed by atoms with E-state index >= 15 is 0 Å². The number of amides is 1. The summed E-state index contributed by atoms with van der Waals surface area (Å²) >= 11 is 0. The van der Waals surface area contributed by atoms with Gasteiger partial charge in [0.1, 0.15) is 6.61 Å². The van der Waals surface area contributed by atoms with Crippen LogP contribution in [0, 0.1) is 23.7 Å². The number of aliphatic carboxylic acids is 1. The van der Waals surface area contributed by atoms with Gasteiger partial charge in [-0.15, -0.1) is 0 Å². The van der Waals surface area contributed by atoms with Crippen molar-refractivity contribution < 1.29 is 19.4 Å². The monoisotopic (exact) mass is 315 g/mol. The molecule has 2 rings (SSSR count). The largest absolute Gasteiger partial charge is 0.472 e. The van der Waals surface area contributed by atoms with Crippen LogP contribution in [0.1, 0.15) is 31.2 Å². The van der Waals surface area contributed by atoms with Crippen molar-refractivity contribution in [1.82, 2.24) is 5.32 Å². The molecule has 2 N–H and O–H groups in total. The number of alkyl carbamates (subject to hydrolysis) is 1. The minimum Gasteiger partial charge on any atom is -0.472 e. The lowest BCUT2D eigenvalue weighted by Gasteiger charge is -2.26. The Kier molecular flexibility index (Phi) is 6.49. The molecule has 0 aromatic heterocycles. The highest BCUT2D eigenvalue weighted by Crippen LogP contribution is 2.28. The molecule has 1 amide bonds. The Morgan fingerprint density at radius 3 is 2.78 bits per heavy atom. The molecule has 2 atom stereocenters. The molecule has 122 valence electrons. The van der Waals surface area contributed by atoms with E-state index in [-0.39, 0.29) is 12.5 Å². The van der Waals surface area contributed by atoms with Crippen molar-refractivity contribution in [3.8, 4) is 11.8 Å². The first-order chi connectivity index (χ1) is 11.1. The Bertz CT molecular complexity index is 588. The zero-order chi connectivity index (χ0) is 16.5. The highest BCUT2D eigenvalue weighted by atomic mass is 16.5. The molecule has 0 unspecified atom stereocenters. The summed E-state index contributed by atoms with van der Waals surface area (Å²) in [4.78, 5) is 22.2. The SMILES string of the molecule is O=C(O)C#C[C@@H]1CCC[C@H](CNC(=O)OCc2ccccc2)C1. The zero-order valence-corrected chi connectivity index (χ0v) is 13.0. The fourth-order valence-electron chi connectivity index (χ4n) is 2.77. The molecule has 5 nitrogen and oxygen atoms in total. The highest BCUT2D eigenvalue weighted by Gasteiger charge is 2.21. The van der Waals surface area contributed by atoms with Crippen LogP contribution in [0.2, 0.25) is 0 Å². The predicted octanol–water partition coefficient (Wildman–Crippen LogP) is 2.81. The molecule has 0 bridgehead atoms. The van der Waals surface area contributed by atoms with Crippen LogP contribution >= 0.6 is 0 Å². The van der Waals surface area contributed by atoms with Gasteiger partial charge in [-0.3, -0.25) is 0 Å². The second kappa shape index (κ2) is 8.84. The van der Waals surface area contributed by atoms with Crippen LogP contribution in [0.5, 0.6) is 0 Å². The van der Waals surface area contributed by atoms with Gasteiger partial charge in [-0.05, 0) is 30.7 Å². The van der Waals surface area contributed by atoms with Crippen LogP contribution in [0.25, 0.3) is 0 Å². The number of hydrogen-bond acceptors (Lipinski definition) is 3. The van der Waals surface area contributed by atoms with Crippen molar-refractivity contribution in [2.24, 2.45) is 11.8 Å². The lowest BCUT2D eigenvalue weighted by atomic mass is 9.82. The van der Waals surface area contributed by atoms with E-state index in [1.54, 1.807) is 0 Å². The van der Waals surface area contributed by atoms with Gasteiger partial charge in [0.2, 0.25) is 0 Å². The van der Waals surface area contributed by atoms with Crippen molar-refractivity contribution >= 4 is 12.1 Å². The molecule has 1 aromatic carbocycles. The third-order valence-corrected chi connectivity index (χ3v) is 3.91. The van der Waals surface area contributed by atoms with Gasteiger partial charge in [0.25, 0.3) is 0 Å². The predicted molar refractivity (Wildman–Crippen MR) is 85.5 cm³/mol. The lowest BCUT2D eigenvalue weighted by molar-refractivity contribution is -0.130. The second-order valence-corrected chi connectivity index (χ2v) is 5.75. The van der Waals surface area contributed by atoms with Gasteiger partial charge in [-0.25, -0.2) is 9.59 Å². The lowest BCUT2D eigenvalue weighted by Crippen LogP contribution is -2.32. The third-order valence-electron chi connectivity index (χ3n) is 3.91. The molecule has 1 fully saturated rings. The van der Waals surface area contributed by atoms with E-state index in [2.05, 4.69) is 17.2 Å². The fourth-order valence-corrected chi connectivity index (χ4v) is 2.77. The van der Waals surface area contributed by atoms with Crippen molar-refractivity contribution in [1.29, 1.82) is 0 Å². The molecule has 1 saturated carbocycles. The maximum absolute atomic E-state index is 11.7. The summed E-state index contributed by atoms with van der Waals surface area (Å²) < 4.78 is 5.17. The molecule has 23 heavy (non-hydrogen) atoms. The van der Waals surface area contributed by atoms with Crippen LogP contribution in [-0.4, -0.2) is 23.7 Å². The number of nitrogens with one attached hydrogen (secondary N) is 1. The molecule has 1 aliphatic carbocycles. The summed E-state index contributed by atoms with van der Waals surface area (Å²) in [7, 11) is 0. The van der Waals surface area contributed by atoms with Crippen LogP contribution < -0.4 is 5.32 Å². The van der Waals surface area contributed by atoms with Crippen molar-refractivity contribution in [2.45, 2.75) is 32.3 Å². The van der Waals surface area contributed by atoms with E-state index in [0.29, 0.717) is 12.5 Å². The Labute approximate surface area is 136 Å². The molecule has 0 spiro atoms. The summed E-state index contributed by atoms with van der Waals surface area (Å²) in [6, 6.07) is 9.52. The summed E-state index contributed by atoms with van der Waals surface area (Å²) in [5.74, 6) is 4.32. The number of carboxylic acid groups (broad SMARTS) is 1. The minimum absolute atomic E-state index is 0.104. The van der Waals surface area contributed by atoms with Gasteiger partial charge in [0, 0.05) is 18.4 Å². The summed E-state index contributed by atoms with van der Waals surface area (Å²) in [5.41, 5.74) is 0.948. The first-order valence-corrected chi connectivity index (χ1v) is 7.82. The number of carbonyl (C=O) groups excluding carboxylic acids is 1. The molecule has 0 heterocycles. The molecule has 1 aromatic rings. The Morgan fingerprint density at radius 1 is 1.26 bits per heavy atom. The number of benzene rings is 1. The Morgan fingerprint density at radius 2 is 2.04 bits per heavy atom. The van der Waals surface area contributed by atoms with Crippen LogP contribution in [-0.2, 0) is 16.1 Å². The summed E-state index contributed by atoms with van der Waals surface area (Å²) in [6.45, 7) is 0.795. The topological polar surface area (TPSA) is 75.6 Å². The first kappa shape index (κ1) is 16.9. The Hall–Kier alpha value is -2.48. The maximum Gasteiger partial charge on any atom is 0.407 e. The number of carboxylic acids is 1. The maximum atomic E-state index is 11.7. The first-order valence-electron chi connectivity index (χ1n) is 7.82. The third kappa shape index (κ3) is 6.43. The molecular formula is C18H21NO4. The van der Waals surface area contributed by atoms with E-state index in [1.165, 1.54) is 0 Å².